The Hall–Kier alpha value is -0.720. The molecule has 1 fully saturated rings. The lowest BCUT2D eigenvalue weighted by molar-refractivity contribution is -0.124. The molecule has 0 radical (unpaired) electrons. The topological polar surface area (TPSA) is 59.0 Å². The van der Waals surface area contributed by atoms with Crippen molar-refractivity contribution in [1.82, 2.24) is 20.4 Å². The molecule has 126 valence electrons. The molecule has 5 nitrogen and oxygen atoms in total. The quantitative estimate of drug-likeness (QED) is 0.829. The van der Waals surface area contributed by atoms with Gasteiger partial charge < -0.3 is 10.6 Å². The van der Waals surface area contributed by atoms with E-state index in [-0.39, 0.29) is 24.4 Å². The highest BCUT2D eigenvalue weighted by Crippen LogP contribution is 2.28. The maximum atomic E-state index is 12.5. The zero-order valence-electron chi connectivity index (χ0n) is 13.5. The molecule has 3 atom stereocenters. The van der Waals surface area contributed by atoms with Gasteiger partial charge in [-0.25, -0.2) is 0 Å². The maximum absolute atomic E-state index is 12.5. The Morgan fingerprint density at radius 2 is 2.32 bits per heavy atom. The molecule has 1 saturated carbocycles. The van der Waals surface area contributed by atoms with Gasteiger partial charge in [-0.2, -0.15) is 16.9 Å². The molecule has 0 bridgehead atoms. The Kier molecular flexibility index (Phi) is 8.28. The van der Waals surface area contributed by atoms with Crippen molar-refractivity contribution in [2.24, 2.45) is 7.05 Å². The van der Waals surface area contributed by atoms with Gasteiger partial charge in [0.15, 0.2) is 0 Å². The number of aryl methyl sites for hydroxylation is 1. The predicted octanol–water partition coefficient (Wildman–Crippen LogP) is 2.28. The highest BCUT2D eigenvalue weighted by molar-refractivity contribution is 7.99. The Balaban J connectivity index is 0.00000242. The summed E-state index contributed by atoms with van der Waals surface area (Å²) in [4.78, 5) is 12.5. The first kappa shape index (κ1) is 19.3. The van der Waals surface area contributed by atoms with Crippen LogP contribution in [-0.2, 0) is 11.8 Å². The van der Waals surface area contributed by atoms with Gasteiger partial charge in [0.1, 0.15) is 6.04 Å². The van der Waals surface area contributed by atoms with Crippen LogP contribution in [-0.4, -0.2) is 39.8 Å². The molecule has 7 heteroatoms. The molecular weight excluding hydrogens is 320 g/mol. The summed E-state index contributed by atoms with van der Waals surface area (Å²) >= 11 is 2.02. The molecule has 1 aromatic rings. The standard InChI is InChI=1S/C15H26N4OS.ClH/c1-4-21-13-7-5-6-12(8-13)18-15(20)14(16-2)11-9-17-19(3)10-11;/h9-10,12-14,16H,4-8H2,1-3H3,(H,18,20);1H. The fourth-order valence-corrected chi connectivity index (χ4v) is 4.16. The number of hydrogen-bond acceptors (Lipinski definition) is 4. The number of carbonyl (C=O) groups is 1. The molecule has 1 aromatic heterocycles. The summed E-state index contributed by atoms with van der Waals surface area (Å²) in [5.74, 6) is 1.21. The van der Waals surface area contributed by atoms with Crippen molar-refractivity contribution in [2.75, 3.05) is 12.8 Å². The lowest BCUT2D eigenvalue weighted by Crippen LogP contribution is -2.44. The molecule has 2 N–H and O–H groups in total. The second-order valence-electron chi connectivity index (χ2n) is 5.62. The third-order valence-electron chi connectivity index (χ3n) is 3.98. The molecule has 22 heavy (non-hydrogen) atoms. The molecule has 0 spiro atoms. The smallest absolute Gasteiger partial charge is 0.242 e. The Morgan fingerprint density at radius 3 is 2.91 bits per heavy atom. The maximum Gasteiger partial charge on any atom is 0.242 e. The van der Waals surface area contributed by atoms with Crippen LogP contribution in [0, 0.1) is 0 Å². The Labute approximate surface area is 143 Å². The highest BCUT2D eigenvalue weighted by atomic mass is 35.5. The normalized spacial score (nSPS) is 22.7. The van der Waals surface area contributed by atoms with Crippen molar-refractivity contribution in [2.45, 2.75) is 49.9 Å². The molecule has 3 unspecified atom stereocenters. The van der Waals surface area contributed by atoms with E-state index in [2.05, 4.69) is 22.7 Å². The molecule has 1 heterocycles. The second-order valence-corrected chi connectivity index (χ2v) is 7.20. The van der Waals surface area contributed by atoms with Gasteiger partial charge >= 0.3 is 0 Å². The van der Waals surface area contributed by atoms with Crippen LogP contribution >= 0.6 is 24.2 Å². The summed E-state index contributed by atoms with van der Waals surface area (Å²) in [6.07, 6.45) is 8.31. The molecule has 1 aliphatic carbocycles. The van der Waals surface area contributed by atoms with Crippen LogP contribution in [0.15, 0.2) is 12.4 Å². The number of hydrogen-bond donors (Lipinski definition) is 2. The van der Waals surface area contributed by atoms with Crippen molar-refractivity contribution in [3.63, 3.8) is 0 Å². The monoisotopic (exact) mass is 346 g/mol. The van der Waals surface area contributed by atoms with Crippen LogP contribution in [0.2, 0.25) is 0 Å². The molecule has 2 rings (SSSR count). The third kappa shape index (κ3) is 5.18. The van der Waals surface area contributed by atoms with Gasteiger partial charge in [-0.15, -0.1) is 12.4 Å². The van der Waals surface area contributed by atoms with Gasteiger partial charge in [0.05, 0.1) is 6.20 Å². The van der Waals surface area contributed by atoms with E-state index in [1.54, 1.807) is 10.9 Å². The number of thioether (sulfide) groups is 1. The number of nitrogens with one attached hydrogen (secondary N) is 2. The van der Waals surface area contributed by atoms with E-state index in [0.717, 1.165) is 24.2 Å². The second kappa shape index (κ2) is 9.43. The first-order valence-electron chi connectivity index (χ1n) is 7.71. The van der Waals surface area contributed by atoms with Crippen molar-refractivity contribution >= 4 is 30.1 Å². The lowest BCUT2D eigenvalue weighted by atomic mass is 9.94. The van der Waals surface area contributed by atoms with Crippen LogP contribution in [0.1, 0.15) is 44.2 Å². The number of nitrogens with zero attached hydrogens (tertiary/aromatic N) is 2. The number of rotatable bonds is 6. The average molecular weight is 347 g/mol. The molecule has 0 saturated heterocycles. The third-order valence-corrected chi connectivity index (χ3v) is 5.22. The first-order chi connectivity index (χ1) is 10.1. The minimum atomic E-state index is -0.321. The summed E-state index contributed by atoms with van der Waals surface area (Å²) in [5.41, 5.74) is 0.910. The molecule has 1 aliphatic rings. The van der Waals surface area contributed by atoms with Gasteiger partial charge in [-0.3, -0.25) is 9.48 Å². The van der Waals surface area contributed by atoms with Crippen LogP contribution < -0.4 is 10.6 Å². The fraction of sp³-hybridized carbons (Fsp3) is 0.733. The van der Waals surface area contributed by atoms with Crippen LogP contribution in [0.3, 0.4) is 0 Å². The highest BCUT2D eigenvalue weighted by Gasteiger charge is 2.26. The van der Waals surface area contributed by atoms with Crippen molar-refractivity contribution in [3.8, 4) is 0 Å². The first-order valence-corrected chi connectivity index (χ1v) is 8.76. The summed E-state index contributed by atoms with van der Waals surface area (Å²) in [6.45, 7) is 2.20. The molecular formula is C15H27ClN4OS. The van der Waals surface area contributed by atoms with Gasteiger partial charge in [0, 0.05) is 30.1 Å². The van der Waals surface area contributed by atoms with E-state index in [1.165, 1.54) is 12.8 Å². The predicted molar refractivity (Wildman–Crippen MR) is 94.6 cm³/mol. The lowest BCUT2D eigenvalue weighted by Gasteiger charge is -2.30. The van der Waals surface area contributed by atoms with E-state index < -0.39 is 0 Å². The Morgan fingerprint density at radius 1 is 1.55 bits per heavy atom. The Bertz CT molecular complexity index is 466. The number of halogens is 1. The minimum absolute atomic E-state index is 0. The largest absolute Gasteiger partial charge is 0.352 e. The minimum Gasteiger partial charge on any atom is -0.352 e. The number of aromatic nitrogens is 2. The number of carbonyl (C=O) groups excluding carboxylic acids is 1. The fourth-order valence-electron chi connectivity index (χ4n) is 2.99. The van der Waals surface area contributed by atoms with E-state index in [1.807, 2.05) is 32.1 Å². The average Bonchev–Trinajstić information content (AvgIpc) is 2.87. The van der Waals surface area contributed by atoms with E-state index >= 15 is 0 Å². The van der Waals surface area contributed by atoms with Crippen molar-refractivity contribution < 1.29 is 4.79 Å². The number of amides is 1. The van der Waals surface area contributed by atoms with Gasteiger partial charge in [-0.1, -0.05) is 13.3 Å². The summed E-state index contributed by atoms with van der Waals surface area (Å²) in [5, 5.41) is 11.1. The molecule has 0 aliphatic heterocycles. The molecule has 0 aromatic carbocycles. The summed E-state index contributed by atoms with van der Waals surface area (Å²) < 4.78 is 1.72. The zero-order chi connectivity index (χ0) is 15.2. The zero-order valence-corrected chi connectivity index (χ0v) is 15.2. The van der Waals surface area contributed by atoms with E-state index in [0.29, 0.717) is 11.3 Å². The van der Waals surface area contributed by atoms with Crippen molar-refractivity contribution in [3.05, 3.63) is 18.0 Å². The van der Waals surface area contributed by atoms with E-state index in [9.17, 15) is 4.79 Å². The van der Waals surface area contributed by atoms with Crippen LogP contribution in [0.25, 0.3) is 0 Å². The summed E-state index contributed by atoms with van der Waals surface area (Å²) in [7, 11) is 3.68. The number of likely N-dealkylation sites (N-methyl/N-ethyl adjacent to an activating group) is 1. The van der Waals surface area contributed by atoms with Gasteiger partial charge in [0.25, 0.3) is 0 Å². The summed E-state index contributed by atoms with van der Waals surface area (Å²) in [6, 6.07) is -0.0132. The van der Waals surface area contributed by atoms with Gasteiger partial charge in [-0.05, 0) is 32.1 Å². The van der Waals surface area contributed by atoms with Gasteiger partial charge in [0.2, 0.25) is 5.91 Å². The SMILES string of the molecule is CCSC1CCCC(NC(=O)C(NC)c2cnn(C)c2)C1.Cl. The van der Waals surface area contributed by atoms with Crippen LogP contribution in [0.5, 0.6) is 0 Å². The van der Waals surface area contributed by atoms with E-state index in [4.69, 9.17) is 0 Å². The molecule has 1 amide bonds. The van der Waals surface area contributed by atoms with Crippen LogP contribution in [0.4, 0.5) is 0 Å². The van der Waals surface area contributed by atoms with Crippen molar-refractivity contribution in [1.29, 1.82) is 0 Å².